The Morgan fingerprint density at radius 2 is 2.00 bits per heavy atom. The van der Waals surface area contributed by atoms with E-state index < -0.39 is 23.7 Å². The van der Waals surface area contributed by atoms with Crippen molar-refractivity contribution in [3.63, 3.8) is 0 Å². The minimum absolute atomic E-state index is 0.0821. The van der Waals surface area contributed by atoms with Crippen LogP contribution in [0.2, 0.25) is 0 Å². The van der Waals surface area contributed by atoms with Crippen LogP contribution in [-0.4, -0.2) is 38.6 Å². The van der Waals surface area contributed by atoms with Crippen molar-refractivity contribution in [3.05, 3.63) is 53.9 Å². The van der Waals surface area contributed by atoms with Gasteiger partial charge in [0, 0.05) is 30.8 Å². The highest BCUT2D eigenvalue weighted by molar-refractivity contribution is 5.90. The molecule has 7 heteroatoms. The number of amides is 2. The summed E-state index contributed by atoms with van der Waals surface area (Å²) >= 11 is 0. The maximum Gasteiger partial charge on any atom is 0.226 e. The van der Waals surface area contributed by atoms with Gasteiger partial charge in [0.2, 0.25) is 11.8 Å². The van der Waals surface area contributed by atoms with Gasteiger partial charge in [0.25, 0.3) is 0 Å². The smallest absolute Gasteiger partial charge is 0.226 e. The monoisotopic (exact) mass is 386 g/mol. The van der Waals surface area contributed by atoms with Crippen molar-refractivity contribution < 1.29 is 14.0 Å². The Kier molecular flexibility index (Phi) is 5.54. The zero-order valence-electron chi connectivity index (χ0n) is 16.7. The maximum absolute atomic E-state index is 14.4. The van der Waals surface area contributed by atoms with Crippen molar-refractivity contribution in [2.75, 3.05) is 6.54 Å². The minimum atomic E-state index is -1.29. The molecule has 6 nitrogen and oxygen atoms in total. The summed E-state index contributed by atoms with van der Waals surface area (Å²) in [6.45, 7) is 5.72. The summed E-state index contributed by atoms with van der Waals surface area (Å²) < 4.78 is 16.1. The summed E-state index contributed by atoms with van der Waals surface area (Å²) in [5.41, 5.74) is 0.882. The normalized spacial score (nSPS) is 21.0. The van der Waals surface area contributed by atoms with Gasteiger partial charge < -0.3 is 10.2 Å². The van der Waals surface area contributed by atoms with Crippen molar-refractivity contribution in [1.29, 1.82) is 0 Å². The van der Waals surface area contributed by atoms with Crippen LogP contribution in [0.1, 0.15) is 50.5 Å². The highest BCUT2D eigenvalue weighted by Gasteiger charge is 2.48. The SMILES string of the molecule is Cn1cc(C2C(C(=O)NCC(F)c3ccccc3)CC(=O)N2C(C)(C)C)cn1. The van der Waals surface area contributed by atoms with Gasteiger partial charge in [-0.25, -0.2) is 4.39 Å². The molecule has 1 fully saturated rings. The number of nitrogens with zero attached hydrogens (tertiary/aromatic N) is 3. The summed E-state index contributed by atoms with van der Waals surface area (Å²) in [5.74, 6) is -0.979. The fourth-order valence-corrected chi connectivity index (χ4v) is 3.84. The second-order valence-corrected chi connectivity index (χ2v) is 8.26. The Hall–Kier alpha value is -2.70. The standard InChI is InChI=1S/C21H27FN4O2/c1-21(2,3)26-18(27)10-16(19(26)15-11-24-25(4)13-15)20(28)23-12-17(22)14-8-6-5-7-9-14/h5-9,11,13,16-17,19H,10,12H2,1-4H3,(H,23,28). The molecule has 3 atom stereocenters. The number of hydrogen-bond donors (Lipinski definition) is 1. The number of rotatable bonds is 5. The number of carbonyl (C=O) groups is 2. The molecule has 1 N–H and O–H groups in total. The fraction of sp³-hybridized carbons (Fsp3) is 0.476. The van der Waals surface area contributed by atoms with Gasteiger partial charge in [-0.1, -0.05) is 30.3 Å². The Labute approximate surface area is 164 Å². The molecule has 1 aliphatic heterocycles. The second-order valence-electron chi connectivity index (χ2n) is 8.26. The van der Waals surface area contributed by atoms with E-state index >= 15 is 0 Å². The van der Waals surface area contributed by atoms with E-state index in [0.717, 1.165) is 5.56 Å². The molecule has 0 saturated carbocycles. The third-order valence-corrected chi connectivity index (χ3v) is 5.07. The van der Waals surface area contributed by atoms with Crippen LogP contribution in [0, 0.1) is 5.92 Å². The average Bonchev–Trinajstić information content (AvgIpc) is 3.22. The maximum atomic E-state index is 14.4. The second kappa shape index (κ2) is 7.73. The Morgan fingerprint density at radius 3 is 2.57 bits per heavy atom. The lowest BCUT2D eigenvalue weighted by molar-refractivity contribution is -0.133. The molecule has 1 aromatic carbocycles. The van der Waals surface area contributed by atoms with E-state index in [1.807, 2.05) is 33.0 Å². The summed E-state index contributed by atoms with van der Waals surface area (Å²) in [4.78, 5) is 27.4. The summed E-state index contributed by atoms with van der Waals surface area (Å²) in [5, 5.41) is 6.90. The highest BCUT2D eigenvalue weighted by atomic mass is 19.1. The predicted molar refractivity (Wildman–Crippen MR) is 104 cm³/mol. The number of aromatic nitrogens is 2. The molecule has 0 spiro atoms. The number of alkyl halides is 1. The first-order valence-electron chi connectivity index (χ1n) is 9.46. The van der Waals surface area contributed by atoms with Crippen molar-refractivity contribution in [1.82, 2.24) is 20.0 Å². The average molecular weight is 386 g/mol. The molecule has 3 rings (SSSR count). The molecule has 150 valence electrons. The van der Waals surface area contributed by atoms with E-state index in [4.69, 9.17) is 0 Å². The molecule has 1 aliphatic rings. The first-order valence-corrected chi connectivity index (χ1v) is 9.46. The number of aryl methyl sites for hydroxylation is 1. The van der Waals surface area contributed by atoms with Crippen LogP contribution in [0.5, 0.6) is 0 Å². The first-order chi connectivity index (χ1) is 13.2. The molecule has 2 aromatic rings. The largest absolute Gasteiger partial charge is 0.352 e. The third kappa shape index (κ3) is 4.08. The molecule has 1 saturated heterocycles. The summed E-state index contributed by atoms with van der Waals surface area (Å²) in [7, 11) is 1.80. The van der Waals surface area contributed by atoms with Gasteiger partial charge in [0.15, 0.2) is 0 Å². The van der Waals surface area contributed by atoms with Crippen molar-refractivity contribution in [2.24, 2.45) is 13.0 Å². The number of nitrogens with one attached hydrogen (secondary N) is 1. The van der Waals surface area contributed by atoms with Gasteiger partial charge in [0.05, 0.1) is 24.7 Å². The number of likely N-dealkylation sites (tertiary alicyclic amines) is 1. The van der Waals surface area contributed by atoms with Crippen molar-refractivity contribution in [2.45, 2.75) is 44.9 Å². The van der Waals surface area contributed by atoms with Gasteiger partial charge in [0.1, 0.15) is 6.17 Å². The number of hydrogen-bond acceptors (Lipinski definition) is 3. The highest BCUT2D eigenvalue weighted by Crippen LogP contribution is 2.42. The number of halogens is 1. The Bertz CT molecular complexity index is 844. The molecular weight excluding hydrogens is 359 g/mol. The molecule has 0 bridgehead atoms. The zero-order chi connectivity index (χ0) is 20.5. The molecule has 28 heavy (non-hydrogen) atoms. The van der Waals surface area contributed by atoms with Crippen LogP contribution in [0.15, 0.2) is 42.7 Å². The summed E-state index contributed by atoms with van der Waals surface area (Å²) in [6.07, 6.45) is 2.32. The van der Waals surface area contributed by atoms with Crippen LogP contribution in [0.3, 0.4) is 0 Å². The number of benzene rings is 1. The van der Waals surface area contributed by atoms with E-state index in [9.17, 15) is 14.0 Å². The van der Waals surface area contributed by atoms with E-state index in [2.05, 4.69) is 10.4 Å². The molecule has 2 amide bonds. The third-order valence-electron chi connectivity index (χ3n) is 5.07. The van der Waals surface area contributed by atoms with E-state index in [0.29, 0.717) is 5.56 Å². The zero-order valence-corrected chi connectivity index (χ0v) is 16.7. The van der Waals surface area contributed by atoms with Crippen LogP contribution in [0.25, 0.3) is 0 Å². The number of carbonyl (C=O) groups excluding carboxylic acids is 2. The van der Waals surface area contributed by atoms with Gasteiger partial charge in [-0.2, -0.15) is 5.10 Å². The molecular formula is C21H27FN4O2. The van der Waals surface area contributed by atoms with Crippen LogP contribution < -0.4 is 5.32 Å². The lowest BCUT2D eigenvalue weighted by atomic mass is 9.92. The van der Waals surface area contributed by atoms with Gasteiger partial charge in [-0.15, -0.1) is 0 Å². The lowest BCUT2D eigenvalue weighted by Gasteiger charge is -2.38. The van der Waals surface area contributed by atoms with Gasteiger partial charge in [-0.3, -0.25) is 14.3 Å². The quantitative estimate of drug-likeness (QED) is 0.859. The van der Waals surface area contributed by atoms with E-state index in [-0.39, 0.29) is 24.8 Å². The van der Waals surface area contributed by atoms with Crippen LogP contribution in [0.4, 0.5) is 4.39 Å². The van der Waals surface area contributed by atoms with Crippen LogP contribution in [-0.2, 0) is 16.6 Å². The molecule has 1 aromatic heterocycles. The fourth-order valence-electron chi connectivity index (χ4n) is 3.84. The Morgan fingerprint density at radius 1 is 1.32 bits per heavy atom. The predicted octanol–water partition coefficient (Wildman–Crippen LogP) is 2.94. The molecule has 0 aliphatic carbocycles. The minimum Gasteiger partial charge on any atom is -0.352 e. The lowest BCUT2D eigenvalue weighted by Crippen LogP contribution is -2.45. The van der Waals surface area contributed by atoms with E-state index in [1.54, 1.807) is 47.1 Å². The van der Waals surface area contributed by atoms with Crippen LogP contribution >= 0.6 is 0 Å². The van der Waals surface area contributed by atoms with Crippen molar-refractivity contribution >= 4 is 11.8 Å². The Balaban J connectivity index is 1.78. The van der Waals surface area contributed by atoms with Gasteiger partial charge >= 0.3 is 0 Å². The topological polar surface area (TPSA) is 67.2 Å². The summed E-state index contributed by atoms with van der Waals surface area (Å²) in [6, 6.07) is 8.30. The van der Waals surface area contributed by atoms with Gasteiger partial charge in [-0.05, 0) is 26.3 Å². The molecule has 2 heterocycles. The van der Waals surface area contributed by atoms with Crippen molar-refractivity contribution in [3.8, 4) is 0 Å². The molecule has 3 unspecified atom stereocenters. The molecule has 0 radical (unpaired) electrons. The first kappa shape index (κ1) is 20.0. The van der Waals surface area contributed by atoms with E-state index in [1.165, 1.54) is 0 Å².